The summed E-state index contributed by atoms with van der Waals surface area (Å²) in [5, 5.41) is 0. The quantitative estimate of drug-likeness (QED) is 0.842. The highest BCUT2D eigenvalue weighted by Crippen LogP contribution is 2.31. The van der Waals surface area contributed by atoms with Gasteiger partial charge in [0.1, 0.15) is 11.4 Å². The predicted molar refractivity (Wildman–Crippen MR) is 83.4 cm³/mol. The monoisotopic (exact) mass is 291 g/mol. The van der Waals surface area contributed by atoms with Gasteiger partial charge < -0.3 is 15.4 Å². The average Bonchev–Trinajstić information content (AvgIpc) is 2.55. The summed E-state index contributed by atoms with van der Waals surface area (Å²) in [4.78, 5) is 18.6. The van der Waals surface area contributed by atoms with Crippen LogP contribution in [0.4, 0.5) is 5.82 Å². The number of anilines is 1. The van der Waals surface area contributed by atoms with Gasteiger partial charge >= 0.3 is 5.97 Å². The Kier molecular flexibility index (Phi) is 5.56. The van der Waals surface area contributed by atoms with Crippen molar-refractivity contribution >= 4 is 11.8 Å². The van der Waals surface area contributed by atoms with E-state index >= 15 is 0 Å². The summed E-state index contributed by atoms with van der Waals surface area (Å²) in [6.45, 7) is 3.58. The lowest BCUT2D eigenvalue weighted by atomic mass is 9.83. The number of carbonyl (C=O) groups excluding carboxylic acids is 1. The van der Waals surface area contributed by atoms with Crippen LogP contribution >= 0.6 is 0 Å². The smallest absolute Gasteiger partial charge is 0.341 e. The van der Waals surface area contributed by atoms with Crippen LogP contribution in [0.1, 0.15) is 43.0 Å². The van der Waals surface area contributed by atoms with Crippen LogP contribution in [0, 0.1) is 5.92 Å². The van der Waals surface area contributed by atoms with Crippen molar-refractivity contribution in [3.63, 3.8) is 0 Å². The Morgan fingerprint density at radius 1 is 1.48 bits per heavy atom. The molecule has 0 amide bonds. The predicted octanol–water partition coefficient (Wildman–Crippen LogP) is 2.21. The van der Waals surface area contributed by atoms with Gasteiger partial charge in [-0.2, -0.15) is 0 Å². The largest absolute Gasteiger partial charge is 0.465 e. The lowest BCUT2D eigenvalue weighted by molar-refractivity contribution is 0.0600. The number of carbonyl (C=O) groups is 1. The lowest BCUT2D eigenvalue weighted by Crippen LogP contribution is -2.46. The number of ether oxygens (including phenoxy) is 1. The van der Waals surface area contributed by atoms with Crippen LogP contribution in [-0.2, 0) is 4.74 Å². The van der Waals surface area contributed by atoms with Crippen LogP contribution in [0.3, 0.4) is 0 Å². The van der Waals surface area contributed by atoms with Gasteiger partial charge in [-0.3, -0.25) is 0 Å². The topological polar surface area (TPSA) is 68.5 Å². The summed E-state index contributed by atoms with van der Waals surface area (Å²) in [6, 6.07) is 3.90. The first kappa shape index (κ1) is 15.8. The van der Waals surface area contributed by atoms with Gasteiger partial charge in [0, 0.05) is 18.8 Å². The maximum Gasteiger partial charge on any atom is 0.341 e. The standard InChI is InChI=1S/C16H25N3O2/c1-3-19(14-9-5-4-7-12(14)11-17)15-13(16(20)21-2)8-6-10-18-15/h6,8,10,12,14H,3-5,7,9,11,17H2,1-2H3. The van der Waals surface area contributed by atoms with Crippen molar-refractivity contribution in [1.29, 1.82) is 0 Å². The molecule has 1 aliphatic rings. The van der Waals surface area contributed by atoms with Gasteiger partial charge in [0.15, 0.2) is 0 Å². The minimum absolute atomic E-state index is 0.336. The van der Waals surface area contributed by atoms with E-state index in [4.69, 9.17) is 10.5 Å². The first-order chi connectivity index (χ1) is 10.2. The summed E-state index contributed by atoms with van der Waals surface area (Å²) >= 11 is 0. The van der Waals surface area contributed by atoms with Crippen LogP contribution in [0.2, 0.25) is 0 Å². The molecule has 0 radical (unpaired) electrons. The fourth-order valence-corrected chi connectivity index (χ4v) is 3.31. The average molecular weight is 291 g/mol. The molecule has 0 spiro atoms. The molecule has 1 heterocycles. The van der Waals surface area contributed by atoms with E-state index in [1.54, 1.807) is 18.3 Å². The maximum absolute atomic E-state index is 12.0. The minimum atomic E-state index is -0.336. The number of nitrogens with two attached hydrogens (primary N) is 1. The Labute approximate surface area is 126 Å². The van der Waals surface area contributed by atoms with E-state index in [9.17, 15) is 4.79 Å². The molecule has 116 valence electrons. The van der Waals surface area contributed by atoms with Gasteiger partial charge in [0.05, 0.1) is 7.11 Å². The molecule has 2 rings (SSSR count). The number of aromatic nitrogens is 1. The van der Waals surface area contributed by atoms with Crippen molar-refractivity contribution in [1.82, 2.24) is 4.98 Å². The zero-order valence-corrected chi connectivity index (χ0v) is 12.9. The molecule has 2 N–H and O–H groups in total. The number of esters is 1. The third-order valence-electron chi connectivity index (χ3n) is 4.38. The Balaban J connectivity index is 2.34. The van der Waals surface area contributed by atoms with E-state index in [1.165, 1.54) is 20.0 Å². The lowest BCUT2D eigenvalue weighted by Gasteiger charge is -2.40. The minimum Gasteiger partial charge on any atom is -0.465 e. The fourth-order valence-electron chi connectivity index (χ4n) is 3.31. The first-order valence-electron chi connectivity index (χ1n) is 7.73. The molecule has 1 saturated carbocycles. The van der Waals surface area contributed by atoms with Crippen molar-refractivity contribution in [3.05, 3.63) is 23.9 Å². The number of hydrogen-bond donors (Lipinski definition) is 1. The Morgan fingerprint density at radius 2 is 2.24 bits per heavy atom. The normalized spacial score (nSPS) is 21.9. The molecular formula is C16H25N3O2. The van der Waals surface area contributed by atoms with E-state index in [2.05, 4.69) is 16.8 Å². The van der Waals surface area contributed by atoms with Crippen LogP contribution in [0.5, 0.6) is 0 Å². The van der Waals surface area contributed by atoms with E-state index < -0.39 is 0 Å². The maximum atomic E-state index is 12.0. The molecule has 0 bridgehead atoms. The Hall–Kier alpha value is -1.62. The molecule has 1 aromatic rings. The Morgan fingerprint density at radius 3 is 2.90 bits per heavy atom. The summed E-state index contributed by atoms with van der Waals surface area (Å²) in [5.41, 5.74) is 6.48. The highest BCUT2D eigenvalue weighted by atomic mass is 16.5. The summed E-state index contributed by atoms with van der Waals surface area (Å²) in [6.07, 6.45) is 6.43. The second kappa shape index (κ2) is 7.41. The highest BCUT2D eigenvalue weighted by molar-refractivity contribution is 5.94. The molecule has 0 saturated heterocycles. The van der Waals surface area contributed by atoms with Gasteiger partial charge in [-0.1, -0.05) is 12.8 Å². The van der Waals surface area contributed by atoms with E-state index in [0.29, 0.717) is 24.1 Å². The first-order valence-corrected chi connectivity index (χ1v) is 7.73. The SMILES string of the molecule is CCN(c1ncccc1C(=O)OC)C1CCCCC1CN. The van der Waals surface area contributed by atoms with Crippen LogP contribution in [0.15, 0.2) is 18.3 Å². The van der Waals surface area contributed by atoms with Crippen molar-refractivity contribution in [2.75, 3.05) is 25.1 Å². The fraction of sp³-hybridized carbons (Fsp3) is 0.625. The third kappa shape index (κ3) is 3.35. The summed E-state index contributed by atoms with van der Waals surface area (Å²) < 4.78 is 4.88. The molecule has 5 nitrogen and oxygen atoms in total. The second-order valence-electron chi connectivity index (χ2n) is 5.50. The van der Waals surface area contributed by atoms with Gasteiger partial charge in [-0.25, -0.2) is 9.78 Å². The van der Waals surface area contributed by atoms with Crippen LogP contribution in [-0.4, -0.2) is 37.2 Å². The number of rotatable bonds is 5. The second-order valence-corrected chi connectivity index (χ2v) is 5.50. The van der Waals surface area contributed by atoms with Gasteiger partial charge in [0.2, 0.25) is 0 Å². The summed E-state index contributed by atoms with van der Waals surface area (Å²) in [7, 11) is 1.40. The summed E-state index contributed by atoms with van der Waals surface area (Å²) in [5.74, 6) is 0.847. The van der Waals surface area contributed by atoms with Gasteiger partial charge in [-0.15, -0.1) is 0 Å². The number of hydrogen-bond acceptors (Lipinski definition) is 5. The van der Waals surface area contributed by atoms with Crippen molar-refractivity contribution in [2.24, 2.45) is 11.7 Å². The van der Waals surface area contributed by atoms with Crippen LogP contribution in [0.25, 0.3) is 0 Å². The Bertz CT molecular complexity index is 478. The molecule has 1 aliphatic carbocycles. The zero-order chi connectivity index (χ0) is 15.2. The molecule has 2 atom stereocenters. The van der Waals surface area contributed by atoms with Gasteiger partial charge in [0.25, 0.3) is 0 Å². The molecule has 1 fully saturated rings. The molecule has 0 aromatic carbocycles. The van der Waals surface area contributed by atoms with E-state index in [-0.39, 0.29) is 5.97 Å². The third-order valence-corrected chi connectivity index (χ3v) is 4.38. The van der Waals surface area contributed by atoms with Crippen LogP contribution < -0.4 is 10.6 Å². The number of nitrogens with zero attached hydrogens (tertiary/aromatic N) is 2. The molecular weight excluding hydrogens is 266 g/mol. The van der Waals surface area contributed by atoms with E-state index in [0.717, 1.165) is 25.2 Å². The van der Waals surface area contributed by atoms with E-state index in [1.807, 2.05) is 0 Å². The number of methoxy groups -OCH3 is 1. The molecule has 0 aliphatic heterocycles. The van der Waals surface area contributed by atoms with Crippen molar-refractivity contribution in [2.45, 2.75) is 38.6 Å². The number of pyridine rings is 1. The van der Waals surface area contributed by atoms with Crippen molar-refractivity contribution < 1.29 is 9.53 Å². The molecule has 21 heavy (non-hydrogen) atoms. The molecule has 1 aromatic heterocycles. The van der Waals surface area contributed by atoms with Gasteiger partial charge in [-0.05, 0) is 44.4 Å². The molecule has 5 heteroatoms. The highest BCUT2D eigenvalue weighted by Gasteiger charge is 2.31. The molecule has 2 unspecified atom stereocenters. The zero-order valence-electron chi connectivity index (χ0n) is 12.9. The van der Waals surface area contributed by atoms with Crippen molar-refractivity contribution in [3.8, 4) is 0 Å².